The summed E-state index contributed by atoms with van der Waals surface area (Å²) in [4.78, 5) is 0. The maximum Gasteiger partial charge on any atom is 0.0724 e. The Labute approximate surface area is 93.8 Å². The highest BCUT2D eigenvalue weighted by molar-refractivity contribution is 4.84. The van der Waals surface area contributed by atoms with Crippen molar-refractivity contribution in [2.75, 3.05) is 20.2 Å². The number of hydrogen-bond acceptors (Lipinski definition) is 3. The second kappa shape index (κ2) is 7.20. The molecule has 3 heteroatoms. The van der Waals surface area contributed by atoms with Gasteiger partial charge in [-0.1, -0.05) is 13.3 Å². The quantitative estimate of drug-likeness (QED) is 0.675. The number of rotatable bonds is 7. The molecule has 3 N–H and O–H groups in total. The van der Waals surface area contributed by atoms with Crippen molar-refractivity contribution in [3.8, 4) is 0 Å². The molecule has 3 atom stereocenters. The van der Waals surface area contributed by atoms with Crippen molar-refractivity contribution in [1.82, 2.24) is 5.32 Å². The van der Waals surface area contributed by atoms with Gasteiger partial charge >= 0.3 is 0 Å². The van der Waals surface area contributed by atoms with Gasteiger partial charge in [-0.05, 0) is 44.7 Å². The van der Waals surface area contributed by atoms with Gasteiger partial charge in [0.05, 0.1) is 6.10 Å². The first-order chi connectivity index (χ1) is 7.31. The van der Waals surface area contributed by atoms with Crippen molar-refractivity contribution >= 4 is 0 Å². The van der Waals surface area contributed by atoms with E-state index in [-0.39, 0.29) is 0 Å². The SMILES string of the molecule is CCCC(CN)CNC1CCCC1OC. The lowest BCUT2D eigenvalue weighted by atomic mass is 10.0. The van der Waals surface area contributed by atoms with Crippen LogP contribution in [0.25, 0.3) is 0 Å². The van der Waals surface area contributed by atoms with Crippen LogP contribution in [0.15, 0.2) is 0 Å². The molecule has 3 unspecified atom stereocenters. The molecule has 0 aliphatic heterocycles. The first-order valence-corrected chi connectivity index (χ1v) is 6.28. The summed E-state index contributed by atoms with van der Waals surface area (Å²) in [5.74, 6) is 0.633. The number of methoxy groups -OCH3 is 1. The summed E-state index contributed by atoms with van der Waals surface area (Å²) in [5, 5.41) is 3.61. The third-order valence-corrected chi connectivity index (χ3v) is 3.45. The van der Waals surface area contributed by atoms with E-state index in [0.29, 0.717) is 18.1 Å². The van der Waals surface area contributed by atoms with Crippen LogP contribution in [0.3, 0.4) is 0 Å². The van der Waals surface area contributed by atoms with Gasteiger partial charge in [0.15, 0.2) is 0 Å². The second-order valence-corrected chi connectivity index (χ2v) is 4.61. The summed E-state index contributed by atoms with van der Waals surface area (Å²) in [5.41, 5.74) is 5.74. The van der Waals surface area contributed by atoms with Crippen LogP contribution in [0.5, 0.6) is 0 Å². The van der Waals surface area contributed by atoms with Crippen LogP contribution in [-0.4, -0.2) is 32.3 Å². The van der Waals surface area contributed by atoms with Gasteiger partial charge < -0.3 is 15.8 Å². The van der Waals surface area contributed by atoms with E-state index < -0.39 is 0 Å². The molecule has 1 aliphatic rings. The van der Waals surface area contributed by atoms with Crippen molar-refractivity contribution in [2.24, 2.45) is 11.7 Å². The van der Waals surface area contributed by atoms with Crippen molar-refractivity contribution < 1.29 is 4.74 Å². The van der Waals surface area contributed by atoms with Gasteiger partial charge in [0.1, 0.15) is 0 Å². The number of hydrogen-bond donors (Lipinski definition) is 2. The molecule has 1 rings (SSSR count). The van der Waals surface area contributed by atoms with Crippen molar-refractivity contribution in [3.63, 3.8) is 0 Å². The lowest BCUT2D eigenvalue weighted by Crippen LogP contribution is -2.40. The van der Waals surface area contributed by atoms with Crippen LogP contribution >= 0.6 is 0 Å². The maximum absolute atomic E-state index is 5.74. The summed E-state index contributed by atoms with van der Waals surface area (Å²) in [7, 11) is 1.82. The molecule has 0 heterocycles. The molecule has 90 valence electrons. The highest BCUT2D eigenvalue weighted by atomic mass is 16.5. The van der Waals surface area contributed by atoms with Crippen LogP contribution in [0.1, 0.15) is 39.0 Å². The minimum Gasteiger partial charge on any atom is -0.380 e. The summed E-state index contributed by atoms with van der Waals surface area (Å²) < 4.78 is 5.46. The molecule has 0 aromatic heterocycles. The van der Waals surface area contributed by atoms with E-state index in [9.17, 15) is 0 Å². The molecule has 0 radical (unpaired) electrons. The fourth-order valence-corrected chi connectivity index (χ4v) is 2.47. The first-order valence-electron chi connectivity index (χ1n) is 6.28. The molecule has 0 amide bonds. The Balaban J connectivity index is 2.22. The maximum atomic E-state index is 5.74. The fourth-order valence-electron chi connectivity index (χ4n) is 2.47. The van der Waals surface area contributed by atoms with E-state index in [1.54, 1.807) is 0 Å². The standard InChI is InChI=1S/C12H26N2O/c1-3-5-10(8-13)9-14-11-6-4-7-12(11)15-2/h10-12,14H,3-9,13H2,1-2H3. The van der Waals surface area contributed by atoms with E-state index in [1.165, 1.54) is 32.1 Å². The molecular weight excluding hydrogens is 188 g/mol. The van der Waals surface area contributed by atoms with Gasteiger partial charge in [-0.3, -0.25) is 0 Å². The Morgan fingerprint density at radius 3 is 2.87 bits per heavy atom. The Bertz CT molecular complexity index is 164. The monoisotopic (exact) mass is 214 g/mol. The van der Waals surface area contributed by atoms with Gasteiger partial charge in [-0.25, -0.2) is 0 Å². The lowest BCUT2D eigenvalue weighted by Gasteiger charge is -2.22. The number of nitrogens with one attached hydrogen (secondary N) is 1. The smallest absolute Gasteiger partial charge is 0.0724 e. The summed E-state index contributed by atoms with van der Waals surface area (Å²) in [6.45, 7) is 4.07. The molecule has 0 aromatic carbocycles. The molecule has 15 heavy (non-hydrogen) atoms. The number of nitrogens with two attached hydrogens (primary N) is 1. The van der Waals surface area contributed by atoms with Crippen LogP contribution in [-0.2, 0) is 4.74 Å². The zero-order chi connectivity index (χ0) is 11.1. The Hall–Kier alpha value is -0.120. The first kappa shape index (κ1) is 12.9. The average Bonchev–Trinajstić information content (AvgIpc) is 2.71. The molecule has 1 saturated carbocycles. The van der Waals surface area contributed by atoms with Crippen molar-refractivity contribution in [2.45, 2.75) is 51.2 Å². The van der Waals surface area contributed by atoms with Gasteiger partial charge in [0.25, 0.3) is 0 Å². The molecular formula is C12H26N2O. The van der Waals surface area contributed by atoms with E-state index in [0.717, 1.165) is 13.1 Å². The van der Waals surface area contributed by atoms with E-state index in [2.05, 4.69) is 12.2 Å². The molecule has 0 bridgehead atoms. The van der Waals surface area contributed by atoms with E-state index >= 15 is 0 Å². The fraction of sp³-hybridized carbons (Fsp3) is 1.00. The molecule has 3 nitrogen and oxygen atoms in total. The van der Waals surface area contributed by atoms with Crippen LogP contribution in [0, 0.1) is 5.92 Å². The summed E-state index contributed by atoms with van der Waals surface area (Å²) >= 11 is 0. The minimum absolute atomic E-state index is 0.421. The lowest BCUT2D eigenvalue weighted by molar-refractivity contribution is 0.0838. The predicted molar refractivity (Wildman–Crippen MR) is 63.9 cm³/mol. The molecule has 0 aromatic rings. The van der Waals surface area contributed by atoms with Crippen LogP contribution < -0.4 is 11.1 Å². The Kier molecular flexibility index (Phi) is 6.22. The highest BCUT2D eigenvalue weighted by Crippen LogP contribution is 2.21. The summed E-state index contributed by atoms with van der Waals surface area (Å²) in [6.07, 6.45) is 6.62. The van der Waals surface area contributed by atoms with Crippen molar-refractivity contribution in [3.05, 3.63) is 0 Å². The predicted octanol–water partition coefficient (Wildman–Crippen LogP) is 1.52. The summed E-state index contributed by atoms with van der Waals surface area (Å²) in [6, 6.07) is 0.556. The van der Waals surface area contributed by atoms with Gasteiger partial charge in [-0.2, -0.15) is 0 Å². The molecule has 0 spiro atoms. The number of ether oxygens (including phenoxy) is 1. The van der Waals surface area contributed by atoms with E-state index in [1.807, 2.05) is 7.11 Å². The van der Waals surface area contributed by atoms with Crippen LogP contribution in [0.4, 0.5) is 0 Å². The molecule has 1 aliphatic carbocycles. The topological polar surface area (TPSA) is 47.3 Å². The normalized spacial score (nSPS) is 28.2. The third-order valence-electron chi connectivity index (χ3n) is 3.45. The largest absolute Gasteiger partial charge is 0.380 e. The third kappa shape index (κ3) is 4.09. The van der Waals surface area contributed by atoms with Gasteiger partial charge in [-0.15, -0.1) is 0 Å². The molecule has 1 fully saturated rings. The molecule has 0 saturated heterocycles. The Morgan fingerprint density at radius 1 is 1.47 bits per heavy atom. The zero-order valence-electron chi connectivity index (χ0n) is 10.2. The Morgan fingerprint density at radius 2 is 2.27 bits per heavy atom. The zero-order valence-corrected chi connectivity index (χ0v) is 10.2. The van der Waals surface area contributed by atoms with Gasteiger partial charge in [0, 0.05) is 13.2 Å². The average molecular weight is 214 g/mol. The van der Waals surface area contributed by atoms with Crippen LogP contribution in [0.2, 0.25) is 0 Å². The van der Waals surface area contributed by atoms with E-state index in [4.69, 9.17) is 10.5 Å². The second-order valence-electron chi connectivity index (χ2n) is 4.61. The highest BCUT2D eigenvalue weighted by Gasteiger charge is 2.26. The van der Waals surface area contributed by atoms with Gasteiger partial charge in [0.2, 0.25) is 0 Å². The van der Waals surface area contributed by atoms with Crippen molar-refractivity contribution in [1.29, 1.82) is 0 Å². The minimum atomic E-state index is 0.421.